The molecule has 31 aromatic rings. The zero-order valence-electron chi connectivity index (χ0n) is 77.4. The molecule has 0 radical (unpaired) electrons. The molecule has 0 saturated heterocycles. The molecule has 0 unspecified atom stereocenters. The summed E-state index contributed by atoms with van der Waals surface area (Å²) >= 11 is 0. The molecule has 16 aromatic heterocycles. The Labute approximate surface area is 881 Å². The van der Waals surface area contributed by atoms with Crippen molar-refractivity contribution in [3.8, 4) is 74.3 Å². The second kappa shape index (κ2) is 36.4. The van der Waals surface area contributed by atoms with Gasteiger partial charge in [-0.3, -0.25) is 27.7 Å². The van der Waals surface area contributed by atoms with E-state index in [0.29, 0.717) is 11.6 Å². The number of fused-ring (bicyclic) bond motifs is 24. The molecule has 0 aliphatic carbocycles. The summed E-state index contributed by atoms with van der Waals surface area (Å²) in [5.41, 5.74) is 25.2. The normalized spacial score (nSPS) is 11.6. The standard InChI is InChI=1S/C44H25N6.C43H25N7.C37H22N6O.3Pt/c1-5-18-39-33(13-1)34-14-2-6-19-40(34)48(39)30-11-9-12-31(25-30)49-41-20-7-3-15-35(41)37-23-22-29(26-43(37)49)47-28-32(27-46-47)50-42-21-8-4-16-36(42)38-17-10-24-45-44(38)50;1-4-14-37-31(10-1)34-20-18-28(47-27-30(26-46-47)49-38-15-5-3-12-33(38)36-13-9-23-45-43(36)49)24-40(34)48(37)29-19-21-35-32-11-2-6-16-39(32)50(41(35)25-29)42-17-7-8-22-44-42;1-3-14-33-29(11-1)31-18-17-25(22-35(31)42(33)26-9-7-10-28(21-26)44-36-16-5-6-19-38-36)41-24-27(23-40-41)43-34-15-4-2-12-30(34)32-13-8-20-39-37(32)43;;;/h1-18,20-24,27-28H;1-23,26-27H;1-20,23-24H;;;/q-3;2*-2;;2*+2. The van der Waals surface area contributed by atoms with E-state index < -0.39 is 0 Å². The number of hydrogen-bond acceptors (Lipinski definition) is 9. The fourth-order valence-corrected chi connectivity index (χ4v) is 21.3. The van der Waals surface area contributed by atoms with Crippen LogP contribution < -0.4 is 4.74 Å². The maximum Gasteiger partial charge on any atom is 2.00 e. The average molecular weight is 2430 g/mol. The zero-order chi connectivity index (χ0) is 94.6. The van der Waals surface area contributed by atoms with Crippen LogP contribution in [0.5, 0.6) is 11.6 Å². The molecule has 0 fully saturated rings. The van der Waals surface area contributed by atoms with Crippen LogP contribution in [0.3, 0.4) is 0 Å². The average Bonchev–Trinajstić information content (AvgIpc) is 1.56. The first-order chi connectivity index (χ1) is 71.4. The number of pyridine rings is 5. The molecular weight excluding hydrogens is 2360 g/mol. The summed E-state index contributed by atoms with van der Waals surface area (Å²) in [7, 11) is 0. The molecule has 20 nitrogen and oxygen atoms in total. The number of aromatic nitrogens is 19. The van der Waals surface area contributed by atoms with Gasteiger partial charge >= 0.3 is 42.1 Å². The Morgan fingerprint density at radius 3 is 0.884 bits per heavy atom. The van der Waals surface area contributed by atoms with Gasteiger partial charge in [-0.2, -0.15) is 76.0 Å². The Bertz CT molecular complexity index is 10400. The Balaban J connectivity index is 0.000000111. The molecule has 0 aliphatic rings. The largest absolute Gasteiger partial charge is 2.00 e. The van der Waals surface area contributed by atoms with Crippen LogP contribution in [0.15, 0.2) is 438 Å². The van der Waals surface area contributed by atoms with E-state index in [1.807, 2.05) is 155 Å². The van der Waals surface area contributed by atoms with E-state index in [0.717, 1.165) is 221 Å². The van der Waals surface area contributed by atoms with Gasteiger partial charge in [-0.15, -0.1) is 112 Å². The van der Waals surface area contributed by atoms with E-state index in [4.69, 9.17) is 40.0 Å². The van der Waals surface area contributed by atoms with Crippen molar-refractivity contribution < 1.29 is 67.9 Å². The van der Waals surface area contributed by atoms with Crippen molar-refractivity contribution >= 4 is 175 Å². The third-order valence-electron chi connectivity index (χ3n) is 27.5. The summed E-state index contributed by atoms with van der Waals surface area (Å²) in [4.78, 5) is 23.2. The van der Waals surface area contributed by atoms with Crippen LogP contribution in [0.25, 0.3) is 238 Å². The zero-order valence-corrected chi connectivity index (χ0v) is 84.2. The molecule has 0 aliphatic heterocycles. The van der Waals surface area contributed by atoms with Gasteiger partial charge in [-0.1, -0.05) is 208 Å². The van der Waals surface area contributed by atoms with E-state index >= 15 is 0 Å². The van der Waals surface area contributed by atoms with E-state index in [1.54, 1.807) is 6.20 Å². The fraction of sp³-hybridized carbons (Fsp3) is 0. The van der Waals surface area contributed by atoms with Crippen molar-refractivity contribution in [1.29, 1.82) is 0 Å². The maximum absolute atomic E-state index is 6.02. The minimum atomic E-state index is 0. The molecule has 23 heteroatoms. The number of rotatable bonds is 13. The number of ether oxygens (including phenoxy) is 1. The molecule has 0 spiro atoms. The van der Waals surface area contributed by atoms with Gasteiger partial charge in [0.1, 0.15) is 22.8 Å². The monoisotopic (exact) mass is 2430 g/mol. The van der Waals surface area contributed by atoms with Crippen LogP contribution in [0.2, 0.25) is 0 Å². The second-order valence-corrected chi connectivity index (χ2v) is 35.5. The maximum atomic E-state index is 6.02. The molecule has 0 atom stereocenters. The first-order valence-electron chi connectivity index (χ1n) is 47.4. The van der Waals surface area contributed by atoms with Crippen LogP contribution in [0.1, 0.15) is 0 Å². The van der Waals surface area contributed by atoms with Crippen molar-refractivity contribution in [3.05, 3.63) is 481 Å². The summed E-state index contributed by atoms with van der Waals surface area (Å²) in [5.74, 6) is 1.96. The Kier molecular flexibility index (Phi) is 22.1. The van der Waals surface area contributed by atoms with Gasteiger partial charge in [0, 0.05) is 124 Å². The first-order valence-corrected chi connectivity index (χ1v) is 47.4. The van der Waals surface area contributed by atoms with Crippen molar-refractivity contribution in [1.82, 2.24) is 90.8 Å². The van der Waals surface area contributed by atoms with E-state index in [9.17, 15) is 0 Å². The number of benzene rings is 15. The summed E-state index contributed by atoms with van der Waals surface area (Å²) < 4.78 is 29.3. The Hall–Kier alpha value is -18.1. The third-order valence-corrected chi connectivity index (χ3v) is 27.5. The van der Waals surface area contributed by atoms with Gasteiger partial charge in [0.2, 0.25) is 5.88 Å². The minimum Gasteiger partial charge on any atom is -0.466 e. The molecule has 15 aromatic carbocycles. The molecule has 0 amide bonds. The van der Waals surface area contributed by atoms with Crippen molar-refractivity contribution in [2.24, 2.45) is 0 Å². The fourth-order valence-electron chi connectivity index (χ4n) is 21.3. The number of para-hydroxylation sites is 9. The first kappa shape index (κ1) is 89.1. The molecule has 147 heavy (non-hydrogen) atoms. The molecule has 31 rings (SSSR count). The summed E-state index contributed by atoms with van der Waals surface area (Å²) in [6.07, 6.45) is 20.9. The quantitative estimate of drug-likeness (QED) is 0.102. The smallest absolute Gasteiger partial charge is 0.466 e. The van der Waals surface area contributed by atoms with Gasteiger partial charge in [0.15, 0.2) is 0 Å². The minimum absolute atomic E-state index is 0. The summed E-state index contributed by atoms with van der Waals surface area (Å²) in [5, 5.41) is 32.7. The molecule has 16 heterocycles. The van der Waals surface area contributed by atoms with Crippen LogP contribution in [0, 0.1) is 42.5 Å². The number of nitrogens with zero attached hydrogens (tertiary/aromatic N) is 19. The Morgan fingerprint density at radius 2 is 0.497 bits per heavy atom. The van der Waals surface area contributed by atoms with Gasteiger partial charge in [-0.25, -0.2) is 24.9 Å². The molecular formula is C124H72N19OPt3-3. The van der Waals surface area contributed by atoms with Crippen molar-refractivity contribution in [2.75, 3.05) is 0 Å². The van der Waals surface area contributed by atoms with Gasteiger partial charge in [0.25, 0.3) is 0 Å². The van der Waals surface area contributed by atoms with Crippen LogP contribution in [0.4, 0.5) is 0 Å². The predicted octanol–water partition coefficient (Wildman–Crippen LogP) is 27.8. The van der Waals surface area contributed by atoms with Gasteiger partial charge in [-0.05, 0) is 147 Å². The van der Waals surface area contributed by atoms with Crippen LogP contribution >= 0.6 is 0 Å². The second-order valence-electron chi connectivity index (χ2n) is 35.5. The van der Waals surface area contributed by atoms with Crippen LogP contribution in [-0.2, 0) is 63.2 Å². The third kappa shape index (κ3) is 14.6. The SMILES string of the molecule is [Pt+2].[Pt+2].[Pt].[c-]1c(-n2c3[c-]cccc3c3ccccc32)cccc1-n1c2[c-]c(-n3cc(-n4c5ccccc5c5cccnc54)cn3)ccc2c2ccccc21.[c-]1c(-n2cc(-n3c4ccccc4c4cccnc43)cn2)ccc2c3ccccc3n(-c3[c-]c4c(cc3)c3ccccc3n4-c3ccccn3)c12.[c-]1c(Oc2ccccn2)cccc1-n1c2[c-]c(-n3cc(-n4c5ccccc5c5cccnc54)cn3)ccc2c2ccccc21. The van der Waals surface area contributed by atoms with Crippen molar-refractivity contribution in [2.45, 2.75) is 0 Å². The summed E-state index contributed by atoms with van der Waals surface area (Å²) in [6.45, 7) is 0. The number of hydrogen-bond donors (Lipinski definition) is 0. The molecule has 702 valence electrons. The predicted molar refractivity (Wildman–Crippen MR) is 573 cm³/mol. The van der Waals surface area contributed by atoms with E-state index in [-0.39, 0.29) is 63.2 Å². The molecule has 0 N–H and O–H groups in total. The summed E-state index contributed by atoms with van der Waals surface area (Å²) in [6, 6.07) is 153. The molecule has 0 bridgehead atoms. The topological polar surface area (TPSA) is 167 Å². The Morgan fingerprint density at radius 1 is 0.204 bits per heavy atom. The van der Waals surface area contributed by atoms with Gasteiger partial charge in [0.05, 0.1) is 70.8 Å². The van der Waals surface area contributed by atoms with E-state index in [2.05, 4.69) is 375 Å². The van der Waals surface area contributed by atoms with Crippen LogP contribution in [-0.4, -0.2) is 90.8 Å². The van der Waals surface area contributed by atoms with E-state index in [1.165, 1.54) is 16.2 Å². The molecule has 0 saturated carbocycles. The van der Waals surface area contributed by atoms with Gasteiger partial charge < -0.3 is 27.6 Å². The van der Waals surface area contributed by atoms with Crippen molar-refractivity contribution in [3.63, 3.8) is 0 Å².